The fourth-order valence-corrected chi connectivity index (χ4v) is 3.68. The van der Waals surface area contributed by atoms with Crippen LogP contribution in [0.1, 0.15) is 27.7 Å². The molecule has 2 N–H and O–H groups in total. The third-order valence-corrected chi connectivity index (χ3v) is 4.07. The molecule has 0 atom stereocenters. The Morgan fingerprint density at radius 3 is 1.60 bits per heavy atom. The van der Waals surface area contributed by atoms with E-state index in [1.807, 2.05) is 0 Å². The van der Waals surface area contributed by atoms with Crippen LogP contribution in [0.2, 0.25) is 0 Å². The number of hydrogen-bond donors (Lipinski definition) is 2. The maximum absolute atomic E-state index is 12.5. The van der Waals surface area contributed by atoms with E-state index in [0.717, 1.165) is 4.90 Å². The quantitative estimate of drug-likeness (QED) is 0.583. The number of carboxylic acids is 2. The minimum absolute atomic E-state index is 0.387. The van der Waals surface area contributed by atoms with Gasteiger partial charge in [-0.2, -0.15) is 0 Å². The third kappa shape index (κ3) is 9.03. The second-order valence-corrected chi connectivity index (χ2v) is 6.76. The molecule has 0 aromatic carbocycles. The Bertz CT molecular complexity index is 353. The summed E-state index contributed by atoms with van der Waals surface area (Å²) in [6, 6.07) is 0. The van der Waals surface area contributed by atoms with Crippen LogP contribution >= 0.6 is 7.60 Å². The first-order valence-corrected chi connectivity index (χ1v) is 7.88. The first kappa shape index (κ1) is 19.1. The predicted molar refractivity (Wildman–Crippen MR) is 71.8 cm³/mol. The number of nitrogens with zero attached hydrogens (tertiary/aromatic N) is 1. The highest BCUT2D eigenvalue weighted by molar-refractivity contribution is 7.53. The summed E-state index contributed by atoms with van der Waals surface area (Å²) in [7, 11) is -3.60. The van der Waals surface area contributed by atoms with Crippen molar-refractivity contribution in [2.75, 3.05) is 19.4 Å². The van der Waals surface area contributed by atoms with Crippen LogP contribution in [-0.2, 0) is 23.2 Å². The molecule has 0 spiro atoms. The van der Waals surface area contributed by atoms with Crippen molar-refractivity contribution in [1.82, 2.24) is 4.90 Å². The lowest BCUT2D eigenvalue weighted by Gasteiger charge is -2.27. The maximum Gasteiger partial charge on any atom is 0.345 e. The molecule has 0 aromatic rings. The lowest BCUT2D eigenvalue weighted by atomic mass is 10.5. The van der Waals surface area contributed by atoms with Gasteiger partial charge in [0, 0.05) is 0 Å². The van der Waals surface area contributed by atoms with Gasteiger partial charge in [0.2, 0.25) is 0 Å². The minimum Gasteiger partial charge on any atom is -0.480 e. The predicted octanol–water partition coefficient (Wildman–Crippen LogP) is 1.46. The van der Waals surface area contributed by atoms with E-state index in [-0.39, 0.29) is 6.29 Å². The number of carbonyl (C=O) groups is 2. The molecule has 8 nitrogen and oxygen atoms in total. The molecular weight excluding hydrogens is 289 g/mol. The van der Waals surface area contributed by atoms with Gasteiger partial charge in [-0.25, -0.2) is 0 Å². The lowest BCUT2D eigenvalue weighted by molar-refractivity contribution is -0.141. The molecular formula is C11H22NO7P. The molecule has 0 aliphatic carbocycles. The van der Waals surface area contributed by atoms with E-state index in [4.69, 9.17) is 19.3 Å². The van der Waals surface area contributed by atoms with Crippen LogP contribution in [-0.4, -0.2) is 58.6 Å². The molecule has 0 heterocycles. The molecule has 0 rings (SSSR count). The van der Waals surface area contributed by atoms with E-state index in [1.165, 1.54) is 0 Å². The molecule has 0 aliphatic heterocycles. The summed E-state index contributed by atoms with van der Waals surface area (Å²) in [5.41, 5.74) is 0. The second-order valence-electron chi connectivity index (χ2n) is 4.84. The highest BCUT2D eigenvalue weighted by Gasteiger charge is 2.32. The Balaban J connectivity index is 4.99. The zero-order valence-electron chi connectivity index (χ0n) is 12.1. The molecule has 118 valence electrons. The van der Waals surface area contributed by atoms with E-state index in [0.29, 0.717) is 0 Å². The van der Waals surface area contributed by atoms with E-state index in [9.17, 15) is 14.2 Å². The molecule has 9 heteroatoms. The minimum atomic E-state index is -3.60. The van der Waals surface area contributed by atoms with E-state index in [1.54, 1.807) is 27.7 Å². The van der Waals surface area contributed by atoms with Crippen LogP contribution in [0.15, 0.2) is 0 Å². The van der Waals surface area contributed by atoms with Crippen LogP contribution in [0, 0.1) is 0 Å². The average molecular weight is 311 g/mol. The van der Waals surface area contributed by atoms with E-state index in [2.05, 4.69) is 0 Å². The van der Waals surface area contributed by atoms with Gasteiger partial charge in [0.25, 0.3) is 0 Å². The highest BCUT2D eigenvalue weighted by Crippen LogP contribution is 2.50. The van der Waals surface area contributed by atoms with Gasteiger partial charge in [0.15, 0.2) is 0 Å². The van der Waals surface area contributed by atoms with Crippen LogP contribution in [0.3, 0.4) is 0 Å². The van der Waals surface area contributed by atoms with Crippen molar-refractivity contribution in [2.45, 2.75) is 39.9 Å². The highest BCUT2D eigenvalue weighted by atomic mass is 31.2. The zero-order valence-corrected chi connectivity index (χ0v) is 13.0. The normalized spacial score (nSPS) is 12.3. The van der Waals surface area contributed by atoms with Gasteiger partial charge in [0.1, 0.15) is 6.29 Å². The average Bonchev–Trinajstić information content (AvgIpc) is 2.09. The molecule has 0 aromatic heterocycles. The summed E-state index contributed by atoms with van der Waals surface area (Å²) < 4.78 is 23.0. The summed E-state index contributed by atoms with van der Waals surface area (Å²) >= 11 is 0. The molecule has 20 heavy (non-hydrogen) atoms. The fourth-order valence-electron chi connectivity index (χ4n) is 1.52. The number of aliphatic carboxylic acids is 2. The van der Waals surface area contributed by atoms with Crippen molar-refractivity contribution in [2.24, 2.45) is 0 Å². The SMILES string of the molecule is CC(C)OP(=O)(CN(CC(=O)O)CC(=O)O)OC(C)C. The summed E-state index contributed by atoms with van der Waals surface area (Å²) in [6.45, 7) is 5.53. The number of hydrogen-bond acceptors (Lipinski definition) is 6. The van der Waals surface area contributed by atoms with Crippen LogP contribution in [0.4, 0.5) is 0 Å². The summed E-state index contributed by atoms with van der Waals surface area (Å²) in [5.74, 6) is -2.43. The van der Waals surface area contributed by atoms with Gasteiger partial charge in [-0.05, 0) is 27.7 Å². The molecule has 0 fully saturated rings. The fraction of sp³-hybridized carbons (Fsp3) is 0.818. The lowest BCUT2D eigenvalue weighted by Crippen LogP contribution is -2.36. The van der Waals surface area contributed by atoms with Crippen molar-refractivity contribution in [3.05, 3.63) is 0 Å². The van der Waals surface area contributed by atoms with Crippen molar-refractivity contribution in [3.63, 3.8) is 0 Å². The van der Waals surface area contributed by atoms with Crippen LogP contribution < -0.4 is 0 Å². The smallest absolute Gasteiger partial charge is 0.345 e. The van der Waals surface area contributed by atoms with Gasteiger partial charge in [0.05, 0.1) is 25.3 Å². The standard InChI is InChI=1S/C11H22NO7P/c1-8(2)18-20(17,19-9(3)4)7-12(5-10(13)14)6-11(15)16/h8-9H,5-7H2,1-4H3,(H,13,14)(H,15,16). The van der Waals surface area contributed by atoms with Crippen LogP contribution in [0.5, 0.6) is 0 Å². The molecule has 0 unspecified atom stereocenters. The summed E-state index contributed by atoms with van der Waals surface area (Å²) in [6.07, 6.45) is -1.17. The Kier molecular flexibility index (Phi) is 7.96. The van der Waals surface area contributed by atoms with E-state index >= 15 is 0 Å². The Hall–Kier alpha value is -0.950. The summed E-state index contributed by atoms with van der Waals surface area (Å²) in [4.78, 5) is 22.4. The molecule has 0 saturated heterocycles. The molecule has 0 saturated carbocycles. The van der Waals surface area contributed by atoms with Crippen molar-refractivity contribution < 1.29 is 33.4 Å². The van der Waals surface area contributed by atoms with Crippen molar-refractivity contribution in [1.29, 1.82) is 0 Å². The number of carboxylic acid groups (broad SMARTS) is 2. The first-order chi connectivity index (χ1) is 9.04. The second kappa shape index (κ2) is 8.36. The van der Waals surface area contributed by atoms with Gasteiger partial charge in [-0.3, -0.25) is 19.1 Å². The van der Waals surface area contributed by atoms with Gasteiger partial charge in [-0.1, -0.05) is 0 Å². The molecule has 0 radical (unpaired) electrons. The summed E-state index contributed by atoms with van der Waals surface area (Å²) in [5, 5.41) is 17.5. The van der Waals surface area contributed by atoms with Crippen molar-refractivity contribution >= 4 is 19.5 Å². The van der Waals surface area contributed by atoms with Gasteiger partial charge in [-0.15, -0.1) is 0 Å². The first-order valence-electron chi connectivity index (χ1n) is 6.16. The van der Waals surface area contributed by atoms with Crippen LogP contribution in [0.25, 0.3) is 0 Å². The topological polar surface area (TPSA) is 113 Å². The molecule has 0 aliphatic rings. The van der Waals surface area contributed by atoms with Gasteiger partial charge < -0.3 is 19.3 Å². The number of rotatable bonds is 10. The molecule has 0 bridgehead atoms. The monoisotopic (exact) mass is 311 g/mol. The molecule has 0 amide bonds. The maximum atomic E-state index is 12.5. The largest absolute Gasteiger partial charge is 0.480 e. The Labute approximate surface area is 118 Å². The van der Waals surface area contributed by atoms with Crippen molar-refractivity contribution in [3.8, 4) is 0 Å². The Morgan fingerprint density at radius 2 is 1.35 bits per heavy atom. The van der Waals surface area contributed by atoms with Gasteiger partial charge >= 0.3 is 19.5 Å². The Morgan fingerprint density at radius 1 is 1.00 bits per heavy atom. The van der Waals surface area contributed by atoms with E-state index < -0.39 is 44.8 Å². The zero-order chi connectivity index (χ0) is 15.9. The third-order valence-electron chi connectivity index (χ3n) is 1.83.